The molecule has 0 radical (unpaired) electrons. The van der Waals surface area contributed by atoms with Crippen molar-refractivity contribution < 1.29 is 9.72 Å². The van der Waals surface area contributed by atoms with Gasteiger partial charge in [-0.2, -0.15) is 0 Å². The highest BCUT2D eigenvalue weighted by Crippen LogP contribution is 2.36. The Hall–Kier alpha value is -2.18. The number of carbonyl (C=O) groups is 1. The highest BCUT2D eigenvalue weighted by atomic mass is 16.6. The number of anilines is 1. The van der Waals surface area contributed by atoms with Crippen LogP contribution in [0, 0.1) is 22.0 Å². The largest absolute Gasteiger partial charge is 0.383 e. The fourth-order valence-corrected chi connectivity index (χ4v) is 1.75. The van der Waals surface area contributed by atoms with Crippen LogP contribution < -0.4 is 11.1 Å². The van der Waals surface area contributed by atoms with Gasteiger partial charge in [0.1, 0.15) is 12.0 Å². The molecule has 1 aromatic rings. The van der Waals surface area contributed by atoms with Crippen molar-refractivity contribution in [2.75, 3.05) is 12.3 Å². The van der Waals surface area contributed by atoms with E-state index in [1.165, 1.54) is 0 Å². The number of carbonyl (C=O) groups excluding carboxylic acids is 1. The van der Waals surface area contributed by atoms with E-state index in [-0.39, 0.29) is 17.1 Å². The lowest BCUT2D eigenvalue weighted by atomic mass is 10.2. The molecular formula is C11H14N4O3. The third-order valence-corrected chi connectivity index (χ3v) is 3.16. The molecule has 1 aliphatic rings. The molecule has 96 valence electrons. The summed E-state index contributed by atoms with van der Waals surface area (Å²) in [5.74, 6) is 0.720. The van der Waals surface area contributed by atoms with E-state index in [1.54, 1.807) is 0 Å². The van der Waals surface area contributed by atoms with Crippen LogP contribution in [-0.4, -0.2) is 22.4 Å². The van der Waals surface area contributed by atoms with E-state index in [1.807, 2.05) is 0 Å². The zero-order valence-corrected chi connectivity index (χ0v) is 9.92. The normalized spacial score (nSPS) is 21.4. The first kappa shape index (κ1) is 12.3. The third kappa shape index (κ3) is 2.55. The number of hydrogen-bond donors (Lipinski definition) is 2. The summed E-state index contributed by atoms with van der Waals surface area (Å²) >= 11 is 0. The van der Waals surface area contributed by atoms with Gasteiger partial charge in [-0.25, -0.2) is 4.98 Å². The number of nitrogens with one attached hydrogen (secondary N) is 1. The zero-order chi connectivity index (χ0) is 13.3. The van der Waals surface area contributed by atoms with Crippen molar-refractivity contribution in [3.05, 3.63) is 27.9 Å². The molecule has 3 N–H and O–H groups in total. The van der Waals surface area contributed by atoms with Crippen molar-refractivity contribution in [1.29, 1.82) is 0 Å². The van der Waals surface area contributed by atoms with Crippen LogP contribution in [0.5, 0.6) is 0 Å². The average Bonchev–Trinajstić information content (AvgIpc) is 3.02. The summed E-state index contributed by atoms with van der Waals surface area (Å²) in [6, 6.07) is 1.15. The number of hydrogen-bond acceptors (Lipinski definition) is 5. The molecular weight excluding hydrogens is 236 g/mol. The predicted molar refractivity (Wildman–Crippen MR) is 64.9 cm³/mol. The highest BCUT2D eigenvalue weighted by molar-refractivity contribution is 5.98. The molecule has 1 saturated carbocycles. The van der Waals surface area contributed by atoms with E-state index in [0.717, 1.165) is 18.7 Å². The van der Waals surface area contributed by atoms with Crippen molar-refractivity contribution >= 4 is 17.4 Å². The van der Waals surface area contributed by atoms with Gasteiger partial charge in [0.25, 0.3) is 11.6 Å². The van der Waals surface area contributed by atoms with E-state index in [0.29, 0.717) is 18.4 Å². The zero-order valence-electron chi connectivity index (χ0n) is 9.92. The number of nitrogen functional groups attached to an aromatic ring is 1. The summed E-state index contributed by atoms with van der Waals surface area (Å²) in [4.78, 5) is 25.5. The fourth-order valence-electron chi connectivity index (χ4n) is 1.75. The number of pyridine rings is 1. The third-order valence-electron chi connectivity index (χ3n) is 3.16. The number of aromatic nitrogens is 1. The molecule has 1 fully saturated rings. The van der Waals surface area contributed by atoms with Crippen LogP contribution in [0.2, 0.25) is 0 Å². The standard InChI is InChI=1S/C11H14N4O3/c1-6-2-7(6)4-14-11(16)9-3-8(15(17)18)5-13-10(9)12/h3,5-7H,2,4H2,1H3,(H2,12,13)(H,14,16). The van der Waals surface area contributed by atoms with E-state index >= 15 is 0 Å². The number of nitrogens with zero attached hydrogens (tertiary/aromatic N) is 2. The summed E-state index contributed by atoms with van der Waals surface area (Å²) in [6.45, 7) is 2.68. The first-order valence-corrected chi connectivity index (χ1v) is 5.67. The number of nitrogens with two attached hydrogens (primary N) is 1. The summed E-state index contributed by atoms with van der Waals surface area (Å²) in [5.41, 5.74) is 5.36. The lowest BCUT2D eigenvalue weighted by molar-refractivity contribution is -0.385. The Morgan fingerprint density at radius 2 is 2.39 bits per heavy atom. The molecule has 2 atom stereocenters. The monoisotopic (exact) mass is 250 g/mol. The second kappa shape index (κ2) is 4.59. The van der Waals surface area contributed by atoms with Crippen LogP contribution >= 0.6 is 0 Å². The molecule has 1 heterocycles. The first-order chi connectivity index (χ1) is 8.49. The minimum atomic E-state index is -0.605. The average molecular weight is 250 g/mol. The molecule has 1 aromatic heterocycles. The Morgan fingerprint density at radius 3 is 2.94 bits per heavy atom. The Balaban J connectivity index is 2.08. The Kier molecular flexibility index (Phi) is 3.14. The van der Waals surface area contributed by atoms with Crippen molar-refractivity contribution in [1.82, 2.24) is 10.3 Å². The second-order valence-corrected chi connectivity index (χ2v) is 4.57. The molecule has 1 aliphatic carbocycles. The fraction of sp³-hybridized carbons (Fsp3) is 0.455. The van der Waals surface area contributed by atoms with Crippen molar-refractivity contribution in [2.45, 2.75) is 13.3 Å². The van der Waals surface area contributed by atoms with Gasteiger partial charge in [-0.05, 0) is 18.3 Å². The smallest absolute Gasteiger partial charge is 0.288 e. The van der Waals surface area contributed by atoms with Gasteiger partial charge in [-0.1, -0.05) is 6.92 Å². The topological polar surface area (TPSA) is 111 Å². The Bertz CT molecular complexity index is 503. The van der Waals surface area contributed by atoms with Crippen LogP contribution in [0.4, 0.5) is 11.5 Å². The molecule has 2 unspecified atom stereocenters. The maximum Gasteiger partial charge on any atom is 0.288 e. The van der Waals surface area contributed by atoms with E-state index in [9.17, 15) is 14.9 Å². The van der Waals surface area contributed by atoms with Gasteiger partial charge in [0.15, 0.2) is 0 Å². The molecule has 0 bridgehead atoms. The number of nitro groups is 1. The van der Waals surface area contributed by atoms with E-state index in [2.05, 4.69) is 17.2 Å². The van der Waals surface area contributed by atoms with Gasteiger partial charge in [0, 0.05) is 12.6 Å². The van der Waals surface area contributed by atoms with Crippen LogP contribution in [-0.2, 0) is 0 Å². The quantitative estimate of drug-likeness (QED) is 0.610. The first-order valence-electron chi connectivity index (χ1n) is 5.67. The van der Waals surface area contributed by atoms with Gasteiger partial charge in [-0.15, -0.1) is 0 Å². The summed E-state index contributed by atoms with van der Waals surface area (Å²) in [5, 5.41) is 13.3. The van der Waals surface area contributed by atoms with Crippen molar-refractivity contribution in [3.63, 3.8) is 0 Å². The van der Waals surface area contributed by atoms with Crippen LogP contribution in [0.3, 0.4) is 0 Å². The summed E-state index contributed by atoms with van der Waals surface area (Å²) < 4.78 is 0. The van der Waals surface area contributed by atoms with Gasteiger partial charge >= 0.3 is 0 Å². The molecule has 2 rings (SSSR count). The van der Waals surface area contributed by atoms with Crippen molar-refractivity contribution in [2.24, 2.45) is 11.8 Å². The molecule has 0 spiro atoms. The van der Waals surface area contributed by atoms with E-state index in [4.69, 9.17) is 5.73 Å². The van der Waals surface area contributed by atoms with Crippen molar-refractivity contribution in [3.8, 4) is 0 Å². The lowest BCUT2D eigenvalue weighted by Gasteiger charge is -2.06. The molecule has 0 aliphatic heterocycles. The lowest BCUT2D eigenvalue weighted by Crippen LogP contribution is -2.27. The SMILES string of the molecule is CC1CC1CNC(=O)c1cc([N+](=O)[O-])cnc1N. The molecule has 7 nitrogen and oxygen atoms in total. The van der Waals surface area contributed by atoms with Crippen LogP contribution in [0.15, 0.2) is 12.3 Å². The Morgan fingerprint density at radius 1 is 1.72 bits per heavy atom. The van der Waals surface area contributed by atoms with Gasteiger partial charge in [0.2, 0.25) is 0 Å². The van der Waals surface area contributed by atoms with E-state index < -0.39 is 10.8 Å². The second-order valence-electron chi connectivity index (χ2n) is 4.57. The molecule has 0 aromatic carbocycles. The van der Waals surface area contributed by atoms with Gasteiger partial charge in [0.05, 0.1) is 10.5 Å². The summed E-state index contributed by atoms with van der Waals surface area (Å²) in [7, 11) is 0. The maximum atomic E-state index is 11.8. The maximum absolute atomic E-state index is 11.8. The highest BCUT2D eigenvalue weighted by Gasteiger charge is 2.32. The predicted octanol–water partition coefficient (Wildman–Crippen LogP) is 0.958. The molecule has 7 heteroatoms. The molecule has 18 heavy (non-hydrogen) atoms. The van der Waals surface area contributed by atoms with Crippen LogP contribution in [0.25, 0.3) is 0 Å². The summed E-state index contributed by atoms with van der Waals surface area (Å²) in [6.07, 6.45) is 2.14. The van der Waals surface area contributed by atoms with Gasteiger partial charge in [-0.3, -0.25) is 14.9 Å². The number of amides is 1. The minimum Gasteiger partial charge on any atom is -0.383 e. The Labute approximate surface area is 104 Å². The van der Waals surface area contributed by atoms with Gasteiger partial charge < -0.3 is 11.1 Å². The minimum absolute atomic E-state index is 0.00180. The molecule has 0 saturated heterocycles. The molecule has 1 amide bonds. The number of rotatable bonds is 4. The van der Waals surface area contributed by atoms with Crippen LogP contribution in [0.1, 0.15) is 23.7 Å².